The molecule has 19 heavy (non-hydrogen) atoms. The Morgan fingerprint density at radius 3 is 2.53 bits per heavy atom. The summed E-state index contributed by atoms with van der Waals surface area (Å²) in [5.41, 5.74) is 4.11. The lowest BCUT2D eigenvalue weighted by Crippen LogP contribution is -2.33. The number of aryl methyl sites for hydroxylation is 1. The van der Waals surface area contributed by atoms with Gasteiger partial charge in [0.25, 0.3) is 0 Å². The summed E-state index contributed by atoms with van der Waals surface area (Å²) in [4.78, 5) is 0. The standard InChI is InChI=1S/C17H27NO/c1-11(2)18-15-7-8-19-16-13(15)9-12(3)10-14(16)17(4,5)6/h9-11,15,18H,7-8H2,1-6H3. The minimum atomic E-state index is 0.121. The minimum Gasteiger partial charge on any atom is -0.493 e. The maximum Gasteiger partial charge on any atom is 0.127 e. The molecule has 2 heteroatoms. The first-order valence-electron chi connectivity index (χ1n) is 7.33. The molecule has 1 aliphatic heterocycles. The third-order valence-corrected chi connectivity index (χ3v) is 3.63. The first-order valence-corrected chi connectivity index (χ1v) is 7.33. The highest BCUT2D eigenvalue weighted by Crippen LogP contribution is 2.41. The van der Waals surface area contributed by atoms with Gasteiger partial charge in [-0.1, -0.05) is 52.3 Å². The van der Waals surface area contributed by atoms with E-state index in [0.29, 0.717) is 12.1 Å². The van der Waals surface area contributed by atoms with Crippen molar-refractivity contribution in [3.8, 4) is 5.75 Å². The maximum atomic E-state index is 6.01. The van der Waals surface area contributed by atoms with Gasteiger partial charge in [-0.2, -0.15) is 0 Å². The summed E-state index contributed by atoms with van der Waals surface area (Å²) < 4.78 is 6.01. The van der Waals surface area contributed by atoms with Gasteiger partial charge in [0.1, 0.15) is 5.75 Å². The summed E-state index contributed by atoms with van der Waals surface area (Å²) in [5.74, 6) is 1.11. The number of benzene rings is 1. The predicted molar refractivity (Wildman–Crippen MR) is 81.0 cm³/mol. The third kappa shape index (κ3) is 3.11. The third-order valence-electron chi connectivity index (χ3n) is 3.63. The summed E-state index contributed by atoms with van der Waals surface area (Å²) in [6.45, 7) is 14.2. The first-order chi connectivity index (χ1) is 8.79. The van der Waals surface area contributed by atoms with Gasteiger partial charge in [0, 0.05) is 29.6 Å². The molecule has 0 amide bonds. The molecule has 0 aromatic heterocycles. The van der Waals surface area contributed by atoms with Crippen LogP contribution in [0.4, 0.5) is 0 Å². The smallest absolute Gasteiger partial charge is 0.127 e. The van der Waals surface area contributed by atoms with Crippen molar-refractivity contribution in [1.29, 1.82) is 0 Å². The second-order valence-corrected chi connectivity index (χ2v) is 6.99. The number of rotatable bonds is 2. The van der Waals surface area contributed by atoms with Gasteiger partial charge >= 0.3 is 0 Å². The Balaban J connectivity index is 2.49. The molecule has 106 valence electrons. The van der Waals surface area contributed by atoms with Gasteiger partial charge in [-0.15, -0.1) is 0 Å². The molecule has 1 aromatic rings. The van der Waals surface area contributed by atoms with Crippen molar-refractivity contribution < 1.29 is 4.74 Å². The lowest BCUT2D eigenvalue weighted by atomic mass is 9.82. The van der Waals surface area contributed by atoms with Gasteiger partial charge in [-0.25, -0.2) is 0 Å². The van der Waals surface area contributed by atoms with Crippen molar-refractivity contribution in [3.05, 3.63) is 28.8 Å². The van der Waals surface area contributed by atoms with E-state index in [1.807, 2.05) is 0 Å². The zero-order chi connectivity index (χ0) is 14.2. The Labute approximate surface area is 117 Å². The van der Waals surface area contributed by atoms with Crippen LogP contribution in [0.1, 0.15) is 63.8 Å². The van der Waals surface area contributed by atoms with Crippen LogP contribution >= 0.6 is 0 Å². The number of hydrogen-bond acceptors (Lipinski definition) is 2. The van der Waals surface area contributed by atoms with Gasteiger partial charge < -0.3 is 10.1 Å². The second-order valence-electron chi connectivity index (χ2n) is 6.99. The Morgan fingerprint density at radius 1 is 1.26 bits per heavy atom. The van der Waals surface area contributed by atoms with Crippen LogP contribution in [-0.2, 0) is 5.41 Å². The average Bonchev–Trinajstić information content (AvgIpc) is 2.27. The predicted octanol–water partition coefficient (Wildman–Crippen LogP) is 4.11. The van der Waals surface area contributed by atoms with Crippen LogP contribution < -0.4 is 10.1 Å². The molecule has 0 radical (unpaired) electrons. The van der Waals surface area contributed by atoms with Crippen LogP contribution in [0.5, 0.6) is 5.75 Å². The molecule has 1 heterocycles. The Bertz CT molecular complexity index is 457. The minimum absolute atomic E-state index is 0.121. The van der Waals surface area contributed by atoms with Crippen molar-refractivity contribution >= 4 is 0 Å². The number of nitrogens with one attached hydrogen (secondary N) is 1. The van der Waals surface area contributed by atoms with E-state index in [-0.39, 0.29) is 5.41 Å². The highest BCUT2D eigenvalue weighted by atomic mass is 16.5. The molecule has 0 saturated heterocycles. The summed E-state index contributed by atoms with van der Waals surface area (Å²) in [7, 11) is 0. The molecular formula is C17H27NO. The van der Waals surface area contributed by atoms with Crippen LogP contribution in [-0.4, -0.2) is 12.6 Å². The largest absolute Gasteiger partial charge is 0.493 e. The van der Waals surface area contributed by atoms with Gasteiger partial charge in [0.15, 0.2) is 0 Å². The Hall–Kier alpha value is -1.02. The summed E-state index contributed by atoms with van der Waals surface area (Å²) in [6.07, 6.45) is 1.05. The molecule has 1 N–H and O–H groups in total. The first kappa shape index (κ1) is 14.4. The van der Waals surface area contributed by atoms with Crippen molar-refractivity contribution in [2.75, 3.05) is 6.61 Å². The molecule has 1 unspecified atom stereocenters. The molecule has 1 aromatic carbocycles. The number of fused-ring (bicyclic) bond motifs is 1. The average molecular weight is 261 g/mol. The van der Waals surface area contributed by atoms with E-state index in [9.17, 15) is 0 Å². The summed E-state index contributed by atoms with van der Waals surface area (Å²) in [6, 6.07) is 5.47. The molecule has 0 fully saturated rings. The fourth-order valence-corrected chi connectivity index (χ4v) is 2.79. The van der Waals surface area contributed by atoms with Crippen molar-refractivity contribution in [2.24, 2.45) is 0 Å². The van der Waals surface area contributed by atoms with E-state index in [4.69, 9.17) is 4.74 Å². The lowest BCUT2D eigenvalue weighted by molar-refractivity contribution is 0.241. The van der Waals surface area contributed by atoms with E-state index in [0.717, 1.165) is 18.8 Å². The van der Waals surface area contributed by atoms with Gasteiger partial charge in [0.2, 0.25) is 0 Å². The second kappa shape index (κ2) is 5.16. The number of hydrogen-bond donors (Lipinski definition) is 1. The normalized spacial score (nSPS) is 19.2. The summed E-state index contributed by atoms with van der Waals surface area (Å²) >= 11 is 0. The van der Waals surface area contributed by atoms with Crippen molar-refractivity contribution in [3.63, 3.8) is 0 Å². The molecule has 1 atom stereocenters. The molecule has 0 saturated carbocycles. The number of ether oxygens (including phenoxy) is 1. The highest BCUT2D eigenvalue weighted by molar-refractivity contribution is 5.50. The SMILES string of the molecule is Cc1cc2c(c(C(C)(C)C)c1)OCCC2NC(C)C. The zero-order valence-electron chi connectivity index (χ0n) is 13.1. The fourth-order valence-electron chi connectivity index (χ4n) is 2.79. The lowest BCUT2D eigenvalue weighted by Gasteiger charge is -2.33. The Morgan fingerprint density at radius 2 is 1.95 bits per heavy atom. The molecule has 0 spiro atoms. The van der Waals surface area contributed by atoms with E-state index < -0.39 is 0 Å². The van der Waals surface area contributed by atoms with E-state index >= 15 is 0 Å². The fraction of sp³-hybridized carbons (Fsp3) is 0.647. The molecular weight excluding hydrogens is 234 g/mol. The van der Waals surface area contributed by atoms with Crippen LogP contribution in [0.15, 0.2) is 12.1 Å². The zero-order valence-corrected chi connectivity index (χ0v) is 13.1. The van der Waals surface area contributed by atoms with Gasteiger partial charge in [0.05, 0.1) is 6.61 Å². The van der Waals surface area contributed by atoms with E-state index in [2.05, 4.69) is 59.0 Å². The molecule has 1 aliphatic rings. The van der Waals surface area contributed by atoms with Gasteiger partial charge in [-0.05, 0) is 12.3 Å². The molecule has 2 nitrogen and oxygen atoms in total. The van der Waals surface area contributed by atoms with Crippen molar-refractivity contribution in [2.45, 2.75) is 65.5 Å². The van der Waals surface area contributed by atoms with Crippen LogP contribution in [0, 0.1) is 6.92 Å². The molecule has 2 rings (SSSR count). The van der Waals surface area contributed by atoms with Gasteiger partial charge in [-0.3, -0.25) is 0 Å². The molecule has 0 aliphatic carbocycles. The molecule has 0 bridgehead atoms. The van der Waals surface area contributed by atoms with Crippen molar-refractivity contribution in [1.82, 2.24) is 5.32 Å². The van der Waals surface area contributed by atoms with E-state index in [1.165, 1.54) is 16.7 Å². The van der Waals surface area contributed by atoms with Crippen LogP contribution in [0.3, 0.4) is 0 Å². The van der Waals surface area contributed by atoms with E-state index in [1.54, 1.807) is 0 Å². The maximum absolute atomic E-state index is 6.01. The summed E-state index contributed by atoms with van der Waals surface area (Å²) in [5, 5.41) is 3.66. The quantitative estimate of drug-likeness (QED) is 0.865. The Kier molecular flexibility index (Phi) is 3.91. The monoisotopic (exact) mass is 261 g/mol. The van der Waals surface area contributed by atoms with Crippen LogP contribution in [0.2, 0.25) is 0 Å². The highest BCUT2D eigenvalue weighted by Gasteiger charge is 2.28. The topological polar surface area (TPSA) is 21.3 Å². The van der Waals surface area contributed by atoms with Crippen LogP contribution in [0.25, 0.3) is 0 Å².